The van der Waals surface area contributed by atoms with Crippen molar-refractivity contribution in [1.82, 2.24) is 4.98 Å². The third kappa shape index (κ3) is 11.0. The van der Waals surface area contributed by atoms with Crippen molar-refractivity contribution in [2.75, 3.05) is 21.0 Å². The zero-order chi connectivity index (χ0) is 42.0. The van der Waals surface area contributed by atoms with Gasteiger partial charge in [-0.3, -0.25) is 0 Å². The van der Waals surface area contributed by atoms with Gasteiger partial charge in [-0.1, -0.05) is 86.7 Å². The Bertz CT molecular complexity index is 2370. The third-order valence-corrected chi connectivity index (χ3v) is 12.9. The van der Waals surface area contributed by atoms with Gasteiger partial charge in [0, 0.05) is 5.56 Å². The number of hydrogen-bond donors (Lipinski definition) is 0. The number of nitrogens with zero attached hydrogens (tertiary/aromatic N) is 3. The predicted molar refractivity (Wildman–Crippen MR) is 226 cm³/mol. The molecule has 0 N–H and O–H groups in total. The number of allylic oxidation sites excluding steroid dienone is 1. The smallest absolute Gasteiger partial charge is 0.431 e. The van der Waals surface area contributed by atoms with E-state index in [2.05, 4.69) is 20.8 Å². The number of carbonyl (C=O) groups excluding carboxylic acids is 2. The van der Waals surface area contributed by atoms with Crippen molar-refractivity contribution < 1.29 is 40.6 Å². The second kappa shape index (κ2) is 16.6. The lowest BCUT2D eigenvalue weighted by Gasteiger charge is -2.28. The number of hydrogen-bond acceptors (Lipinski definition) is 11. The van der Waals surface area contributed by atoms with Crippen LogP contribution in [-0.2, 0) is 29.5 Å². The summed E-state index contributed by atoms with van der Waals surface area (Å²) in [5.41, 5.74) is 0.0148. The number of thiazole rings is 1. The Labute approximate surface area is 340 Å². The van der Waals surface area contributed by atoms with Gasteiger partial charge < -0.3 is 14.2 Å². The van der Waals surface area contributed by atoms with Crippen LogP contribution < -0.4 is 13.3 Å². The van der Waals surface area contributed by atoms with Crippen LogP contribution in [0.3, 0.4) is 0 Å². The Morgan fingerprint density at radius 2 is 1.44 bits per heavy atom. The van der Waals surface area contributed by atoms with Gasteiger partial charge in [0.05, 0.1) is 33.5 Å². The number of carbonyl (C=O) groups is 2. The lowest BCUT2D eigenvalue weighted by Crippen LogP contribution is -2.42. The molecular weight excluding hydrogens is 787 g/mol. The maximum atomic E-state index is 14.9. The summed E-state index contributed by atoms with van der Waals surface area (Å²) >= 11 is 0.973. The van der Waals surface area contributed by atoms with E-state index in [0.717, 1.165) is 23.8 Å². The highest BCUT2D eigenvalue weighted by molar-refractivity contribution is 7.94. The van der Waals surface area contributed by atoms with Crippen LogP contribution in [0.15, 0.2) is 83.8 Å². The van der Waals surface area contributed by atoms with Crippen LogP contribution in [0.1, 0.15) is 87.1 Å². The summed E-state index contributed by atoms with van der Waals surface area (Å²) < 4.78 is 75.8. The highest BCUT2D eigenvalue weighted by atomic mass is 32.2. The molecule has 0 saturated carbocycles. The molecule has 2 amide bonds. The van der Waals surface area contributed by atoms with Gasteiger partial charge in [0.15, 0.2) is 0 Å². The molecule has 4 bridgehead atoms. The summed E-state index contributed by atoms with van der Waals surface area (Å²) in [5, 5.41) is -0.224. The van der Waals surface area contributed by atoms with Gasteiger partial charge in [0.25, 0.3) is 10.0 Å². The van der Waals surface area contributed by atoms with Gasteiger partial charge >= 0.3 is 12.2 Å². The second-order valence-corrected chi connectivity index (χ2v) is 21.5. The molecule has 12 nitrogen and oxygen atoms in total. The average molecular weight is 838 g/mol. The van der Waals surface area contributed by atoms with E-state index in [1.807, 2.05) is 60.7 Å². The normalized spacial score (nSPS) is 16.5. The molecule has 1 aliphatic heterocycles. The van der Waals surface area contributed by atoms with Gasteiger partial charge in [0.1, 0.15) is 17.0 Å². The van der Waals surface area contributed by atoms with Gasteiger partial charge in [-0.25, -0.2) is 31.4 Å². The van der Waals surface area contributed by atoms with Crippen LogP contribution in [0.25, 0.3) is 27.8 Å². The SMILES string of the molecule is CC(C)(C)CCOc1cccc(-c2sc3nc2-c2ccccc2/C=C\CCCS(=O)(=O)N(C(=O)OC(C)(C)C)c2cccc(c2)S(=O)(=O)N3C(=O)OC(C)(C)C)c1. The van der Waals surface area contributed by atoms with Crippen LogP contribution >= 0.6 is 11.3 Å². The summed E-state index contributed by atoms with van der Waals surface area (Å²) in [7, 11) is -9.31. The number of rotatable bonds is 4. The molecule has 0 atom stereocenters. The van der Waals surface area contributed by atoms with E-state index in [1.54, 1.807) is 41.5 Å². The van der Waals surface area contributed by atoms with E-state index in [4.69, 9.17) is 19.2 Å². The molecule has 306 valence electrons. The van der Waals surface area contributed by atoms with Gasteiger partial charge in [-0.15, -0.1) is 4.31 Å². The van der Waals surface area contributed by atoms with Crippen LogP contribution in [0, 0.1) is 5.41 Å². The molecule has 5 rings (SSSR count). The summed E-state index contributed by atoms with van der Waals surface area (Å²) in [6, 6.07) is 19.6. The highest BCUT2D eigenvalue weighted by Gasteiger charge is 2.40. The Balaban J connectivity index is 1.78. The Hall–Kier alpha value is -4.73. The van der Waals surface area contributed by atoms with E-state index in [-0.39, 0.29) is 22.7 Å². The van der Waals surface area contributed by atoms with Crippen LogP contribution in [0.5, 0.6) is 5.75 Å². The minimum Gasteiger partial charge on any atom is -0.494 e. The fraction of sp³-hybridized carbons (Fsp3) is 0.405. The quantitative estimate of drug-likeness (QED) is 0.194. The molecular formula is C42H51N3O9S3. The van der Waals surface area contributed by atoms with Crippen molar-refractivity contribution in [3.05, 3.63) is 84.4 Å². The molecule has 3 aromatic carbocycles. The van der Waals surface area contributed by atoms with Crippen molar-refractivity contribution >= 4 is 60.5 Å². The minimum atomic E-state index is -4.91. The molecule has 15 heteroatoms. The largest absolute Gasteiger partial charge is 0.494 e. The van der Waals surface area contributed by atoms with E-state index in [9.17, 15) is 26.4 Å². The molecule has 2 heterocycles. The van der Waals surface area contributed by atoms with Crippen molar-refractivity contribution in [1.29, 1.82) is 0 Å². The van der Waals surface area contributed by atoms with E-state index in [1.165, 1.54) is 18.2 Å². The van der Waals surface area contributed by atoms with E-state index < -0.39 is 54.1 Å². The van der Waals surface area contributed by atoms with Gasteiger partial charge in [-0.05, 0) is 108 Å². The van der Waals surface area contributed by atoms with Gasteiger partial charge in [0.2, 0.25) is 15.2 Å². The lowest BCUT2D eigenvalue weighted by atomic mass is 9.93. The molecule has 0 unspecified atom stereocenters. The summed E-state index contributed by atoms with van der Waals surface area (Å²) in [6.07, 6.45) is 2.52. The van der Waals surface area contributed by atoms with E-state index in [0.29, 0.717) is 54.6 Å². The Kier molecular flexibility index (Phi) is 12.7. The average Bonchev–Trinajstić information content (AvgIpc) is 3.50. The van der Waals surface area contributed by atoms with Crippen LogP contribution in [-0.4, -0.2) is 57.6 Å². The molecule has 57 heavy (non-hydrogen) atoms. The molecule has 0 aliphatic carbocycles. The molecule has 1 aromatic heterocycles. The second-order valence-electron chi connectivity index (χ2n) is 16.8. The predicted octanol–water partition coefficient (Wildman–Crippen LogP) is 10.3. The maximum Gasteiger partial charge on any atom is 0.431 e. The molecule has 4 aromatic rings. The molecule has 0 saturated heterocycles. The third-order valence-electron chi connectivity index (χ3n) is 8.28. The zero-order valence-corrected chi connectivity index (χ0v) is 36.3. The molecule has 0 spiro atoms. The molecule has 0 fully saturated rings. The first-order valence-corrected chi connectivity index (χ1v) is 22.5. The summed E-state index contributed by atoms with van der Waals surface area (Å²) in [6.45, 7) is 16.5. The fourth-order valence-corrected chi connectivity index (χ4v) is 9.66. The van der Waals surface area contributed by atoms with Crippen molar-refractivity contribution in [2.45, 2.75) is 97.7 Å². The Morgan fingerprint density at radius 1 is 0.789 bits per heavy atom. The lowest BCUT2D eigenvalue weighted by molar-refractivity contribution is 0.0596. The number of sulfonamides is 2. The minimum absolute atomic E-state index is 0.0611. The standard InChI is InChI=1S/C42H51N3O9S3/c1-40(2,3)24-25-52-32-21-15-19-30(27-32)36-35-34-23-13-12-18-29(34)17-11-10-14-26-56(48,49)44(38(46)53-41(4,5)6)31-20-16-22-33(28-31)57(50,51)45(37(43-35)55-36)39(47)54-42(7,8)9/h11-13,15-23,27-28H,10,14,24-26H2,1-9H3/b17-11-. The number of benzene rings is 3. The maximum absolute atomic E-state index is 14.9. The summed E-state index contributed by atoms with van der Waals surface area (Å²) in [4.78, 5) is 32.7. The van der Waals surface area contributed by atoms with Crippen molar-refractivity contribution in [3.8, 4) is 27.4 Å². The Morgan fingerprint density at radius 3 is 2.11 bits per heavy atom. The first kappa shape index (κ1) is 43.4. The van der Waals surface area contributed by atoms with Crippen molar-refractivity contribution in [3.63, 3.8) is 0 Å². The molecule has 0 radical (unpaired) electrons. The van der Waals surface area contributed by atoms with Crippen LogP contribution in [0.4, 0.5) is 20.4 Å². The first-order chi connectivity index (χ1) is 26.5. The molecule has 1 aliphatic rings. The highest BCUT2D eigenvalue weighted by Crippen LogP contribution is 2.44. The number of fused-ring (bicyclic) bond motifs is 6. The number of amides is 2. The van der Waals surface area contributed by atoms with Crippen LogP contribution in [0.2, 0.25) is 0 Å². The summed E-state index contributed by atoms with van der Waals surface area (Å²) in [5.74, 6) is 0.158. The van der Waals surface area contributed by atoms with Crippen molar-refractivity contribution in [2.24, 2.45) is 5.41 Å². The fourth-order valence-electron chi connectivity index (χ4n) is 5.66. The number of ether oxygens (including phenoxy) is 3. The first-order valence-electron chi connectivity index (χ1n) is 18.6. The number of anilines is 2. The monoisotopic (exact) mass is 837 g/mol. The number of aromatic nitrogens is 1. The zero-order valence-electron chi connectivity index (χ0n) is 33.9. The van der Waals surface area contributed by atoms with Gasteiger partial charge in [-0.2, -0.15) is 4.31 Å². The topological polar surface area (TPSA) is 149 Å². The van der Waals surface area contributed by atoms with E-state index >= 15 is 0 Å².